The number of benzene rings is 1. The maximum Gasteiger partial charge on any atom is 0.0236 e. The van der Waals surface area contributed by atoms with Gasteiger partial charge in [0.1, 0.15) is 0 Å². The van der Waals surface area contributed by atoms with Crippen LogP contribution in [0.1, 0.15) is 50.2 Å². The zero-order chi connectivity index (χ0) is 13.8. The SMILES string of the molecule is CCC1CCCN1Cc1ccc(CCNC2CC2)cc1. The minimum atomic E-state index is 0.817. The van der Waals surface area contributed by atoms with Gasteiger partial charge in [0.05, 0.1) is 0 Å². The van der Waals surface area contributed by atoms with Crippen molar-refractivity contribution in [1.82, 2.24) is 10.2 Å². The summed E-state index contributed by atoms with van der Waals surface area (Å²) in [7, 11) is 0. The van der Waals surface area contributed by atoms with Gasteiger partial charge in [0, 0.05) is 18.6 Å². The van der Waals surface area contributed by atoms with Gasteiger partial charge < -0.3 is 5.32 Å². The lowest BCUT2D eigenvalue weighted by Gasteiger charge is -2.23. The highest BCUT2D eigenvalue weighted by Crippen LogP contribution is 2.22. The summed E-state index contributed by atoms with van der Waals surface area (Å²) < 4.78 is 0. The molecule has 3 rings (SSSR count). The van der Waals surface area contributed by atoms with Gasteiger partial charge in [-0.05, 0) is 62.7 Å². The summed E-state index contributed by atoms with van der Waals surface area (Å²) in [6.07, 6.45) is 7.99. The normalized spacial score (nSPS) is 23.4. The molecule has 20 heavy (non-hydrogen) atoms. The predicted octanol–water partition coefficient (Wildman–Crippen LogP) is 3.36. The van der Waals surface area contributed by atoms with Crippen LogP contribution in [-0.4, -0.2) is 30.1 Å². The van der Waals surface area contributed by atoms with Crippen LogP contribution in [0.15, 0.2) is 24.3 Å². The van der Waals surface area contributed by atoms with Gasteiger partial charge in [0.15, 0.2) is 0 Å². The molecular weight excluding hydrogens is 244 g/mol. The summed E-state index contributed by atoms with van der Waals surface area (Å²) in [5, 5.41) is 3.58. The molecular formula is C18H28N2. The Labute approximate surface area is 123 Å². The maximum atomic E-state index is 3.58. The first kappa shape index (κ1) is 14.1. The molecule has 2 nitrogen and oxygen atoms in total. The van der Waals surface area contributed by atoms with Crippen LogP contribution in [0.3, 0.4) is 0 Å². The van der Waals surface area contributed by atoms with E-state index in [0.29, 0.717) is 0 Å². The monoisotopic (exact) mass is 272 g/mol. The summed E-state index contributed by atoms with van der Waals surface area (Å²) in [5.41, 5.74) is 2.94. The average molecular weight is 272 g/mol. The third-order valence-corrected chi connectivity index (χ3v) is 4.80. The molecule has 1 saturated heterocycles. The van der Waals surface area contributed by atoms with Gasteiger partial charge in [-0.1, -0.05) is 31.2 Å². The van der Waals surface area contributed by atoms with Gasteiger partial charge in [0.25, 0.3) is 0 Å². The fraction of sp³-hybridized carbons (Fsp3) is 0.667. The second kappa shape index (κ2) is 6.73. The van der Waals surface area contributed by atoms with Gasteiger partial charge in [-0.3, -0.25) is 4.90 Å². The molecule has 110 valence electrons. The lowest BCUT2D eigenvalue weighted by atomic mass is 10.1. The van der Waals surface area contributed by atoms with E-state index in [1.165, 1.54) is 49.8 Å². The van der Waals surface area contributed by atoms with E-state index in [2.05, 4.69) is 41.4 Å². The first-order valence-electron chi connectivity index (χ1n) is 8.40. The van der Waals surface area contributed by atoms with E-state index in [9.17, 15) is 0 Å². The highest BCUT2D eigenvalue weighted by molar-refractivity contribution is 5.23. The van der Waals surface area contributed by atoms with Crippen LogP contribution in [0.4, 0.5) is 0 Å². The molecule has 2 aliphatic rings. The number of nitrogens with zero attached hydrogens (tertiary/aromatic N) is 1. The maximum absolute atomic E-state index is 3.58. The zero-order valence-corrected chi connectivity index (χ0v) is 12.8. The molecule has 2 heteroatoms. The molecule has 1 N–H and O–H groups in total. The van der Waals surface area contributed by atoms with E-state index < -0.39 is 0 Å². The van der Waals surface area contributed by atoms with Crippen molar-refractivity contribution in [2.24, 2.45) is 0 Å². The quantitative estimate of drug-likeness (QED) is 0.819. The topological polar surface area (TPSA) is 15.3 Å². The van der Waals surface area contributed by atoms with E-state index >= 15 is 0 Å². The molecule has 1 atom stereocenters. The Morgan fingerprint density at radius 1 is 1.10 bits per heavy atom. The lowest BCUT2D eigenvalue weighted by Crippen LogP contribution is -2.28. The summed E-state index contributed by atoms with van der Waals surface area (Å²) in [4.78, 5) is 2.66. The molecule has 0 radical (unpaired) electrons. The van der Waals surface area contributed by atoms with Gasteiger partial charge in [-0.15, -0.1) is 0 Å². The summed E-state index contributed by atoms with van der Waals surface area (Å²) in [5.74, 6) is 0. The Morgan fingerprint density at radius 3 is 2.55 bits per heavy atom. The third kappa shape index (κ3) is 3.83. The summed E-state index contributed by atoms with van der Waals surface area (Å²) in [6.45, 7) is 5.87. The fourth-order valence-electron chi connectivity index (χ4n) is 3.32. The van der Waals surface area contributed by atoms with E-state index in [1.54, 1.807) is 0 Å². The molecule has 0 amide bonds. The Hall–Kier alpha value is -0.860. The van der Waals surface area contributed by atoms with Crippen LogP contribution in [0.5, 0.6) is 0 Å². The zero-order valence-electron chi connectivity index (χ0n) is 12.8. The van der Waals surface area contributed by atoms with Crippen LogP contribution < -0.4 is 5.32 Å². The van der Waals surface area contributed by atoms with Crippen LogP contribution >= 0.6 is 0 Å². The van der Waals surface area contributed by atoms with Gasteiger partial charge in [0.2, 0.25) is 0 Å². The van der Waals surface area contributed by atoms with Crippen molar-refractivity contribution in [1.29, 1.82) is 0 Å². The van der Waals surface area contributed by atoms with Crippen molar-refractivity contribution in [2.75, 3.05) is 13.1 Å². The van der Waals surface area contributed by atoms with Crippen LogP contribution in [0, 0.1) is 0 Å². The van der Waals surface area contributed by atoms with Gasteiger partial charge in [-0.25, -0.2) is 0 Å². The lowest BCUT2D eigenvalue weighted by molar-refractivity contribution is 0.240. The van der Waals surface area contributed by atoms with E-state index in [4.69, 9.17) is 0 Å². The second-order valence-corrected chi connectivity index (χ2v) is 6.47. The van der Waals surface area contributed by atoms with E-state index in [-0.39, 0.29) is 0 Å². The number of likely N-dealkylation sites (tertiary alicyclic amines) is 1. The number of hydrogen-bond donors (Lipinski definition) is 1. The second-order valence-electron chi connectivity index (χ2n) is 6.47. The highest BCUT2D eigenvalue weighted by Gasteiger charge is 2.22. The molecule has 0 aromatic heterocycles. The predicted molar refractivity (Wildman–Crippen MR) is 84.9 cm³/mol. The molecule has 1 aromatic rings. The molecule has 0 bridgehead atoms. The molecule has 1 unspecified atom stereocenters. The first-order chi connectivity index (χ1) is 9.85. The highest BCUT2D eigenvalue weighted by atomic mass is 15.2. The number of nitrogens with one attached hydrogen (secondary N) is 1. The first-order valence-corrected chi connectivity index (χ1v) is 8.40. The Balaban J connectivity index is 1.47. The third-order valence-electron chi connectivity index (χ3n) is 4.80. The van der Waals surface area contributed by atoms with Crippen molar-refractivity contribution in [3.63, 3.8) is 0 Å². The van der Waals surface area contributed by atoms with Crippen molar-refractivity contribution in [2.45, 2.75) is 64.1 Å². The van der Waals surface area contributed by atoms with Crippen LogP contribution in [0.2, 0.25) is 0 Å². The smallest absolute Gasteiger partial charge is 0.0236 e. The number of hydrogen-bond acceptors (Lipinski definition) is 2. The standard InChI is InChI=1S/C18H28N2/c1-2-18-4-3-13-20(18)14-16-7-5-15(6-8-16)11-12-19-17-9-10-17/h5-8,17-19H,2-4,9-14H2,1H3. The van der Waals surface area contributed by atoms with E-state index in [1.807, 2.05) is 0 Å². The largest absolute Gasteiger partial charge is 0.314 e. The van der Waals surface area contributed by atoms with Crippen LogP contribution in [0.25, 0.3) is 0 Å². The minimum absolute atomic E-state index is 0.817. The number of rotatable bonds is 7. The molecule has 1 heterocycles. The van der Waals surface area contributed by atoms with Gasteiger partial charge in [-0.2, -0.15) is 0 Å². The molecule has 2 fully saturated rings. The van der Waals surface area contributed by atoms with Crippen molar-refractivity contribution < 1.29 is 0 Å². The minimum Gasteiger partial charge on any atom is -0.314 e. The van der Waals surface area contributed by atoms with Crippen molar-refractivity contribution in [3.05, 3.63) is 35.4 Å². The molecule has 1 aromatic carbocycles. The van der Waals surface area contributed by atoms with Crippen molar-refractivity contribution in [3.8, 4) is 0 Å². The Kier molecular flexibility index (Phi) is 4.74. The Bertz CT molecular complexity index is 408. The molecule has 0 spiro atoms. The van der Waals surface area contributed by atoms with Gasteiger partial charge >= 0.3 is 0 Å². The van der Waals surface area contributed by atoms with E-state index in [0.717, 1.165) is 31.6 Å². The van der Waals surface area contributed by atoms with Crippen molar-refractivity contribution >= 4 is 0 Å². The fourth-order valence-corrected chi connectivity index (χ4v) is 3.32. The van der Waals surface area contributed by atoms with Crippen LogP contribution in [-0.2, 0) is 13.0 Å². The molecule has 1 aliphatic carbocycles. The Morgan fingerprint density at radius 2 is 1.85 bits per heavy atom. The molecule has 1 saturated carbocycles. The average Bonchev–Trinajstić information content (AvgIpc) is 3.19. The summed E-state index contributed by atoms with van der Waals surface area (Å²) >= 11 is 0. The molecule has 1 aliphatic heterocycles. The summed E-state index contributed by atoms with van der Waals surface area (Å²) in [6, 6.07) is 10.9.